The summed E-state index contributed by atoms with van der Waals surface area (Å²) in [6.07, 6.45) is -0.624. The first-order chi connectivity index (χ1) is 10.4. The normalized spacial score (nSPS) is 12.6. The van der Waals surface area contributed by atoms with Crippen molar-refractivity contribution < 1.29 is 18.3 Å². The van der Waals surface area contributed by atoms with Gasteiger partial charge in [0.25, 0.3) is 15.9 Å². The second-order valence-electron chi connectivity index (χ2n) is 4.67. The Kier molecular flexibility index (Phi) is 5.17. The Balaban J connectivity index is 2.05. The Morgan fingerprint density at radius 2 is 1.95 bits per heavy atom. The number of rotatable bonds is 6. The van der Waals surface area contributed by atoms with Gasteiger partial charge in [0.05, 0.1) is 6.10 Å². The maximum absolute atomic E-state index is 12.1. The van der Waals surface area contributed by atoms with Crippen molar-refractivity contribution >= 4 is 33.0 Å². The average molecular weight is 340 g/mol. The Morgan fingerprint density at radius 3 is 2.50 bits per heavy atom. The molecular weight excluding hydrogens is 324 g/mol. The van der Waals surface area contributed by atoms with Gasteiger partial charge in [-0.15, -0.1) is 11.3 Å². The zero-order valence-electron chi connectivity index (χ0n) is 11.8. The van der Waals surface area contributed by atoms with Crippen LogP contribution in [-0.2, 0) is 10.0 Å². The van der Waals surface area contributed by atoms with Gasteiger partial charge in [-0.25, -0.2) is 8.42 Å². The standard InChI is InChI=1S/C14H16N2O4S2/c1-10(17)9-15-14(18)11-4-6-12(7-5-11)16-22(19,20)13-3-2-8-21-13/h2-8,10,16-17H,9H2,1H3,(H,15,18). The van der Waals surface area contributed by atoms with E-state index in [9.17, 15) is 13.2 Å². The third-order valence-electron chi connectivity index (χ3n) is 2.72. The monoisotopic (exact) mass is 340 g/mol. The molecule has 1 atom stereocenters. The highest BCUT2D eigenvalue weighted by Gasteiger charge is 2.15. The van der Waals surface area contributed by atoms with Crippen LogP contribution in [-0.4, -0.2) is 32.1 Å². The zero-order valence-corrected chi connectivity index (χ0v) is 13.4. The zero-order chi connectivity index (χ0) is 16.2. The Bertz CT molecular complexity index is 723. The third-order valence-corrected chi connectivity index (χ3v) is 5.50. The van der Waals surface area contributed by atoms with Crippen molar-refractivity contribution in [2.24, 2.45) is 0 Å². The number of hydrogen-bond donors (Lipinski definition) is 3. The Morgan fingerprint density at radius 1 is 1.27 bits per heavy atom. The molecule has 0 aliphatic rings. The largest absolute Gasteiger partial charge is 0.392 e. The van der Waals surface area contributed by atoms with Crippen LogP contribution in [0.5, 0.6) is 0 Å². The van der Waals surface area contributed by atoms with E-state index in [1.54, 1.807) is 18.4 Å². The van der Waals surface area contributed by atoms with E-state index in [1.165, 1.54) is 30.3 Å². The second kappa shape index (κ2) is 6.91. The van der Waals surface area contributed by atoms with Crippen LogP contribution >= 0.6 is 11.3 Å². The summed E-state index contributed by atoms with van der Waals surface area (Å²) in [5.74, 6) is -0.325. The number of nitrogens with one attached hydrogen (secondary N) is 2. The van der Waals surface area contributed by atoms with Crippen LogP contribution in [0.15, 0.2) is 46.0 Å². The number of carbonyl (C=O) groups excluding carboxylic acids is 1. The lowest BCUT2D eigenvalue weighted by Gasteiger charge is -2.09. The van der Waals surface area contributed by atoms with Crippen molar-refractivity contribution in [2.45, 2.75) is 17.2 Å². The molecule has 1 aromatic heterocycles. The molecule has 0 saturated carbocycles. The molecule has 0 aliphatic carbocycles. The van der Waals surface area contributed by atoms with Crippen LogP contribution in [0.2, 0.25) is 0 Å². The molecule has 2 rings (SSSR count). The van der Waals surface area contributed by atoms with E-state index >= 15 is 0 Å². The van der Waals surface area contributed by atoms with Crippen LogP contribution in [0.25, 0.3) is 0 Å². The number of hydrogen-bond acceptors (Lipinski definition) is 5. The van der Waals surface area contributed by atoms with E-state index < -0.39 is 16.1 Å². The number of aliphatic hydroxyl groups excluding tert-OH is 1. The van der Waals surface area contributed by atoms with Crippen molar-refractivity contribution in [3.05, 3.63) is 47.3 Å². The molecule has 0 fully saturated rings. The number of thiophene rings is 1. The van der Waals surface area contributed by atoms with Gasteiger partial charge in [0.15, 0.2) is 0 Å². The molecular formula is C14H16N2O4S2. The molecule has 0 bridgehead atoms. The topological polar surface area (TPSA) is 95.5 Å². The van der Waals surface area contributed by atoms with Crippen molar-refractivity contribution in [3.8, 4) is 0 Å². The van der Waals surface area contributed by atoms with Crippen molar-refractivity contribution in [1.29, 1.82) is 0 Å². The predicted octanol–water partition coefficient (Wildman–Crippen LogP) is 1.66. The molecule has 0 radical (unpaired) electrons. The van der Waals surface area contributed by atoms with Gasteiger partial charge in [0.2, 0.25) is 0 Å². The lowest BCUT2D eigenvalue weighted by atomic mass is 10.2. The summed E-state index contributed by atoms with van der Waals surface area (Å²) in [7, 11) is -3.59. The molecule has 0 aliphatic heterocycles. The molecule has 2 aromatic rings. The van der Waals surface area contributed by atoms with Gasteiger partial charge in [-0.3, -0.25) is 9.52 Å². The highest BCUT2D eigenvalue weighted by atomic mass is 32.2. The lowest BCUT2D eigenvalue weighted by Crippen LogP contribution is -2.30. The SMILES string of the molecule is CC(O)CNC(=O)c1ccc(NS(=O)(=O)c2cccs2)cc1. The van der Waals surface area contributed by atoms with E-state index in [1.807, 2.05) is 0 Å². The molecule has 6 nitrogen and oxygen atoms in total. The summed E-state index contributed by atoms with van der Waals surface area (Å²) in [4.78, 5) is 11.8. The van der Waals surface area contributed by atoms with Crippen LogP contribution in [0.1, 0.15) is 17.3 Å². The predicted molar refractivity (Wildman–Crippen MR) is 85.6 cm³/mol. The molecule has 1 heterocycles. The minimum atomic E-state index is -3.59. The van der Waals surface area contributed by atoms with Crippen molar-refractivity contribution in [3.63, 3.8) is 0 Å². The van der Waals surface area contributed by atoms with E-state index in [4.69, 9.17) is 5.11 Å². The summed E-state index contributed by atoms with van der Waals surface area (Å²) in [6, 6.07) is 9.25. The highest BCUT2D eigenvalue weighted by molar-refractivity contribution is 7.94. The molecule has 22 heavy (non-hydrogen) atoms. The van der Waals surface area contributed by atoms with Gasteiger partial charge in [0, 0.05) is 17.8 Å². The fourth-order valence-electron chi connectivity index (χ4n) is 1.65. The minimum Gasteiger partial charge on any atom is -0.392 e. The van der Waals surface area contributed by atoms with Gasteiger partial charge in [0.1, 0.15) is 4.21 Å². The second-order valence-corrected chi connectivity index (χ2v) is 7.53. The van der Waals surface area contributed by atoms with E-state index in [2.05, 4.69) is 10.0 Å². The molecule has 1 unspecified atom stereocenters. The van der Waals surface area contributed by atoms with Gasteiger partial charge >= 0.3 is 0 Å². The maximum atomic E-state index is 12.1. The molecule has 3 N–H and O–H groups in total. The summed E-state index contributed by atoms with van der Waals surface area (Å²) in [6.45, 7) is 1.73. The van der Waals surface area contributed by atoms with Crippen LogP contribution < -0.4 is 10.0 Å². The smallest absolute Gasteiger partial charge is 0.271 e. The van der Waals surface area contributed by atoms with E-state index in [0.29, 0.717) is 11.3 Å². The third kappa shape index (κ3) is 4.30. The average Bonchev–Trinajstić information content (AvgIpc) is 3.00. The molecule has 1 aromatic carbocycles. The molecule has 118 valence electrons. The first kappa shape index (κ1) is 16.5. The Labute approximate surface area is 132 Å². The lowest BCUT2D eigenvalue weighted by molar-refractivity contribution is 0.0924. The van der Waals surface area contributed by atoms with Gasteiger partial charge in [-0.2, -0.15) is 0 Å². The number of anilines is 1. The van der Waals surface area contributed by atoms with Crippen molar-refractivity contribution in [2.75, 3.05) is 11.3 Å². The minimum absolute atomic E-state index is 0.158. The summed E-state index contributed by atoms with van der Waals surface area (Å²) in [5, 5.41) is 13.4. The number of benzene rings is 1. The van der Waals surface area contributed by atoms with Gasteiger partial charge in [-0.05, 0) is 42.6 Å². The number of carbonyl (C=O) groups is 1. The fourth-order valence-corrected chi connectivity index (χ4v) is 3.71. The molecule has 0 spiro atoms. The summed E-state index contributed by atoms with van der Waals surface area (Å²) in [5.41, 5.74) is 0.764. The number of aliphatic hydroxyl groups is 1. The molecule has 8 heteroatoms. The van der Waals surface area contributed by atoms with Gasteiger partial charge < -0.3 is 10.4 Å². The quantitative estimate of drug-likeness (QED) is 0.745. The van der Waals surface area contributed by atoms with Crippen LogP contribution in [0.3, 0.4) is 0 Å². The number of sulfonamides is 1. The Hall–Kier alpha value is -1.90. The summed E-state index contributed by atoms with van der Waals surface area (Å²) < 4.78 is 26.8. The summed E-state index contributed by atoms with van der Waals surface area (Å²) >= 11 is 1.13. The van der Waals surface area contributed by atoms with Crippen LogP contribution in [0, 0.1) is 0 Å². The molecule has 1 amide bonds. The van der Waals surface area contributed by atoms with E-state index in [-0.39, 0.29) is 16.7 Å². The van der Waals surface area contributed by atoms with Gasteiger partial charge in [-0.1, -0.05) is 6.07 Å². The van der Waals surface area contributed by atoms with E-state index in [0.717, 1.165) is 11.3 Å². The van der Waals surface area contributed by atoms with Crippen molar-refractivity contribution in [1.82, 2.24) is 5.32 Å². The first-order valence-corrected chi connectivity index (χ1v) is 8.87. The van der Waals surface area contributed by atoms with Crippen LogP contribution in [0.4, 0.5) is 5.69 Å². The first-order valence-electron chi connectivity index (χ1n) is 6.51. The maximum Gasteiger partial charge on any atom is 0.271 e. The number of amides is 1. The highest BCUT2D eigenvalue weighted by Crippen LogP contribution is 2.20. The molecule has 0 saturated heterocycles. The fraction of sp³-hybridized carbons (Fsp3) is 0.214.